The second-order valence-corrected chi connectivity index (χ2v) is 4.05. The van der Waals surface area contributed by atoms with Crippen molar-refractivity contribution in [2.75, 3.05) is 21.3 Å². The first kappa shape index (κ1) is 14.4. The van der Waals surface area contributed by atoms with Crippen LogP contribution < -0.4 is 14.8 Å². The van der Waals surface area contributed by atoms with Gasteiger partial charge in [-0.05, 0) is 26.0 Å². The number of terminal acetylenes is 1. The number of methoxy groups -OCH3 is 2. The zero-order valence-corrected chi connectivity index (χ0v) is 11.3. The Morgan fingerprint density at radius 3 is 2.67 bits per heavy atom. The number of hydrogen-bond donors (Lipinski definition) is 1. The molecule has 0 fully saturated rings. The smallest absolute Gasteiger partial charge is 0.127 e. The number of benzene rings is 1. The molecule has 1 rings (SSSR count). The van der Waals surface area contributed by atoms with Gasteiger partial charge in [-0.15, -0.1) is 12.3 Å². The molecule has 0 aliphatic heterocycles. The summed E-state index contributed by atoms with van der Waals surface area (Å²) in [6, 6.07) is 6.14. The third-order valence-electron chi connectivity index (χ3n) is 2.98. The van der Waals surface area contributed by atoms with E-state index in [9.17, 15) is 0 Å². The van der Waals surface area contributed by atoms with Gasteiger partial charge in [-0.1, -0.05) is 6.07 Å². The van der Waals surface area contributed by atoms with Crippen molar-refractivity contribution >= 4 is 0 Å². The van der Waals surface area contributed by atoms with Gasteiger partial charge in [0.15, 0.2) is 0 Å². The average Bonchev–Trinajstić information content (AvgIpc) is 2.43. The zero-order valence-electron chi connectivity index (χ0n) is 11.3. The molecule has 0 saturated carbocycles. The number of hydrogen-bond acceptors (Lipinski definition) is 3. The van der Waals surface area contributed by atoms with E-state index in [1.165, 1.54) is 0 Å². The molecule has 0 amide bonds. The van der Waals surface area contributed by atoms with Crippen molar-refractivity contribution in [3.05, 3.63) is 23.8 Å². The highest BCUT2D eigenvalue weighted by Gasteiger charge is 2.14. The molecule has 3 heteroatoms. The summed E-state index contributed by atoms with van der Waals surface area (Å²) in [4.78, 5) is 0. The van der Waals surface area contributed by atoms with E-state index < -0.39 is 0 Å². The first-order chi connectivity index (χ1) is 8.76. The Morgan fingerprint density at radius 1 is 1.33 bits per heavy atom. The molecule has 0 aliphatic carbocycles. The average molecular weight is 247 g/mol. The number of unbranched alkanes of at least 4 members (excludes halogenated alkanes) is 1. The van der Waals surface area contributed by atoms with E-state index in [0.717, 1.165) is 36.3 Å². The first-order valence-corrected chi connectivity index (χ1v) is 6.09. The van der Waals surface area contributed by atoms with Crippen molar-refractivity contribution in [1.82, 2.24) is 5.32 Å². The number of ether oxygens (including phenoxy) is 2. The van der Waals surface area contributed by atoms with Crippen LogP contribution in [0.25, 0.3) is 0 Å². The fraction of sp³-hybridized carbons (Fsp3) is 0.467. The van der Waals surface area contributed by atoms with Crippen LogP contribution in [-0.2, 0) is 0 Å². The minimum atomic E-state index is 0.249. The minimum absolute atomic E-state index is 0.249. The molecule has 0 saturated heterocycles. The summed E-state index contributed by atoms with van der Waals surface area (Å²) in [6.07, 6.45) is 8.07. The van der Waals surface area contributed by atoms with E-state index in [2.05, 4.69) is 11.2 Å². The van der Waals surface area contributed by atoms with Gasteiger partial charge in [-0.2, -0.15) is 0 Å². The van der Waals surface area contributed by atoms with Crippen LogP contribution in [0, 0.1) is 12.3 Å². The Morgan fingerprint density at radius 2 is 2.11 bits per heavy atom. The summed E-state index contributed by atoms with van der Waals surface area (Å²) < 4.78 is 10.6. The summed E-state index contributed by atoms with van der Waals surface area (Å²) in [5, 5.41) is 3.30. The van der Waals surface area contributed by atoms with Crippen LogP contribution >= 0.6 is 0 Å². The van der Waals surface area contributed by atoms with Crippen LogP contribution in [-0.4, -0.2) is 21.3 Å². The van der Waals surface area contributed by atoms with Crippen LogP contribution in [0.5, 0.6) is 11.5 Å². The maximum absolute atomic E-state index is 5.42. The van der Waals surface area contributed by atoms with Crippen molar-refractivity contribution in [3.8, 4) is 23.8 Å². The van der Waals surface area contributed by atoms with Gasteiger partial charge in [0.1, 0.15) is 11.5 Å². The molecule has 1 aromatic carbocycles. The lowest BCUT2D eigenvalue weighted by Crippen LogP contribution is -2.17. The van der Waals surface area contributed by atoms with E-state index in [0.29, 0.717) is 0 Å². The SMILES string of the molecule is C#CCCCC(NC)c1ccc(OC)cc1OC. The fourth-order valence-corrected chi connectivity index (χ4v) is 1.97. The summed E-state index contributed by atoms with van der Waals surface area (Å²) in [5.41, 5.74) is 1.14. The molecule has 0 spiro atoms. The molecule has 0 bridgehead atoms. The normalized spacial score (nSPS) is 11.7. The van der Waals surface area contributed by atoms with Gasteiger partial charge in [0.25, 0.3) is 0 Å². The molecule has 0 heterocycles. The van der Waals surface area contributed by atoms with Crippen molar-refractivity contribution < 1.29 is 9.47 Å². The summed E-state index contributed by atoms with van der Waals surface area (Å²) >= 11 is 0. The number of rotatable bonds is 7. The van der Waals surface area contributed by atoms with E-state index in [1.807, 2.05) is 25.2 Å². The third kappa shape index (κ3) is 3.68. The van der Waals surface area contributed by atoms with Gasteiger partial charge < -0.3 is 14.8 Å². The molecule has 1 unspecified atom stereocenters. The maximum atomic E-state index is 5.42. The molecule has 1 aromatic rings. The topological polar surface area (TPSA) is 30.5 Å². The highest BCUT2D eigenvalue weighted by molar-refractivity contribution is 5.42. The van der Waals surface area contributed by atoms with Crippen molar-refractivity contribution in [2.45, 2.75) is 25.3 Å². The molecule has 0 aromatic heterocycles. The predicted molar refractivity (Wildman–Crippen MR) is 74.0 cm³/mol. The Balaban J connectivity index is 2.87. The van der Waals surface area contributed by atoms with E-state index >= 15 is 0 Å². The second-order valence-electron chi connectivity index (χ2n) is 4.05. The van der Waals surface area contributed by atoms with Crippen LogP contribution in [0.1, 0.15) is 30.9 Å². The van der Waals surface area contributed by atoms with Gasteiger partial charge in [0, 0.05) is 24.1 Å². The van der Waals surface area contributed by atoms with Gasteiger partial charge in [-0.25, -0.2) is 0 Å². The molecular formula is C15H21NO2. The highest BCUT2D eigenvalue weighted by Crippen LogP contribution is 2.31. The second kappa shape index (κ2) is 7.62. The molecule has 98 valence electrons. The maximum Gasteiger partial charge on any atom is 0.127 e. The van der Waals surface area contributed by atoms with E-state index in [1.54, 1.807) is 14.2 Å². The molecule has 1 atom stereocenters. The molecule has 0 aliphatic rings. The standard InChI is InChI=1S/C15H21NO2/c1-5-6-7-8-14(16-2)13-10-9-12(17-3)11-15(13)18-4/h1,9-11,14,16H,6-8H2,2-4H3. The molecule has 0 radical (unpaired) electrons. The van der Waals surface area contributed by atoms with Gasteiger partial charge in [0.05, 0.1) is 14.2 Å². The summed E-state index contributed by atoms with van der Waals surface area (Å²) in [6.45, 7) is 0. The number of nitrogens with one attached hydrogen (secondary N) is 1. The van der Waals surface area contributed by atoms with Gasteiger partial charge in [0.2, 0.25) is 0 Å². The summed E-state index contributed by atoms with van der Waals surface area (Å²) in [5.74, 6) is 4.31. The van der Waals surface area contributed by atoms with Crippen LogP contribution in [0.15, 0.2) is 18.2 Å². The lowest BCUT2D eigenvalue weighted by Gasteiger charge is -2.19. The quantitative estimate of drug-likeness (QED) is 0.593. The van der Waals surface area contributed by atoms with Crippen molar-refractivity contribution in [3.63, 3.8) is 0 Å². The molecule has 1 N–H and O–H groups in total. The minimum Gasteiger partial charge on any atom is -0.497 e. The third-order valence-corrected chi connectivity index (χ3v) is 2.98. The van der Waals surface area contributed by atoms with E-state index in [4.69, 9.17) is 15.9 Å². The summed E-state index contributed by atoms with van der Waals surface area (Å²) in [7, 11) is 5.27. The van der Waals surface area contributed by atoms with E-state index in [-0.39, 0.29) is 6.04 Å². The first-order valence-electron chi connectivity index (χ1n) is 6.09. The van der Waals surface area contributed by atoms with Crippen LogP contribution in [0.2, 0.25) is 0 Å². The monoisotopic (exact) mass is 247 g/mol. The lowest BCUT2D eigenvalue weighted by atomic mass is 10.00. The predicted octanol–water partition coefficient (Wildman–Crippen LogP) is 2.77. The molecule has 3 nitrogen and oxygen atoms in total. The Bertz CT molecular complexity index is 409. The fourth-order valence-electron chi connectivity index (χ4n) is 1.97. The molecular weight excluding hydrogens is 226 g/mol. The largest absolute Gasteiger partial charge is 0.497 e. The van der Waals surface area contributed by atoms with Crippen molar-refractivity contribution in [1.29, 1.82) is 0 Å². The lowest BCUT2D eigenvalue weighted by molar-refractivity contribution is 0.383. The Labute approximate surface area is 109 Å². The van der Waals surface area contributed by atoms with Crippen LogP contribution in [0.4, 0.5) is 0 Å². The zero-order chi connectivity index (χ0) is 13.4. The highest BCUT2D eigenvalue weighted by atomic mass is 16.5. The Hall–Kier alpha value is -1.66. The molecule has 18 heavy (non-hydrogen) atoms. The van der Waals surface area contributed by atoms with Gasteiger partial charge >= 0.3 is 0 Å². The van der Waals surface area contributed by atoms with Gasteiger partial charge in [-0.3, -0.25) is 0 Å². The Kier molecular flexibility index (Phi) is 6.10. The van der Waals surface area contributed by atoms with Crippen molar-refractivity contribution in [2.24, 2.45) is 0 Å². The van der Waals surface area contributed by atoms with Crippen LogP contribution in [0.3, 0.4) is 0 Å².